The van der Waals surface area contributed by atoms with Crippen molar-refractivity contribution in [3.63, 3.8) is 0 Å². The zero-order valence-corrected chi connectivity index (χ0v) is 31.7. The predicted molar refractivity (Wildman–Crippen MR) is 231 cm³/mol. The highest BCUT2D eigenvalue weighted by molar-refractivity contribution is 7.26. The molecule has 4 nitrogen and oxygen atoms in total. The Labute approximate surface area is 326 Å². The van der Waals surface area contributed by atoms with Gasteiger partial charge in [0, 0.05) is 47.8 Å². The third-order valence-electron chi connectivity index (χ3n) is 11.0. The van der Waals surface area contributed by atoms with Gasteiger partial charge in [0.25, 0.3) is 0 Å². The molecule has 55 heavy (non-hydrogen) atoms. The molecule has 0 bridgehead atoms. The van der Waals surface area contributed by atoms with E-state index in [1.54, 1.807) is 22.7 Å². The molecule has 0 fully saturated rings. The van der Waals surface area contributed by atoms with Crippen LogP contribution in [-0.2, 0) is 5.41 Å². The largest absolute Gasteiger partial charge is 0.236 e. The van der Waals surface area contributed by atoms with Crippen LogP contribution in [0.15, 0.2) is 158 Å². The Bertz CT molecular complexity index is 3110. The average molecular weight is 741 g/mol. The van der Waals surface area contributed by atoms with Crippen molar-refractivity contribution < 1.29 is 0 Å². The molecule has 0 spiro atoms. The minimum absolute atomic E-state index is 0.222. The van der Waals surface area contributed by atoms with Crippen molar-refractivity contribution in [1.82, 2.24) is 19.9 Å². The maximum absolute atomic E-state index is 5.26. The second-order valence-corrected chi connectivity index (χ2v) is 16.7. The zero-order chi connectivity index (χ0) is 36.7. The van der Waals surface area contributed by atoms with Gasteiger partial charge in [-0.2, -0.15) is 0 Å². The zero-order valence-electron chi connectivity index (χ0n) is 30.1. The van der Waals surface area contributed by atoms with Crippen molar-refractivity contribution in [1.29, 1.82) is 0 Å². The molecule has 10 aromatic rings. The molecule has 3 heterocycles. The van der Waals surface area contributed by atoms with Gasteiger partial charge in [0.1, 0.15) is 5.01 Å². The first-order valence-corrected chi connectivity index (χ1v) is 20.1. The highest BCUT2D eigenvalue weighted by atomic mass is 32.1. The fourth-order valence-corrected chi connectivity index (χ4v) is 10.3. The molecule has 260 valence electrons. The molecule has 0 unspecified atom stereocenters. The molecular weight excluding hydrogens is 709 g/mol. The first-order valence-electron chi connectivity index (χ1n) is 18.5. The molecule has 1 aliphatic carbocycles. The van der Waals surface area contributed by atoms with Gasteiger partial charge in [-0.3, -0.25) is 0 Å². The molecule has 7 aromatic carbocycles. The molecule has 0 amide bonds. The van der Waals surface area contributed by atoms with Crippen molar-refractivity contribution in [2.45, 2.75) is 19.3 Å². The van der Waals surface area contributed by atoms with E-state index in [1.165, 1.54) is 52.7 Å². The van der Waals surface area contributed by atoms with E-state index < -0.39 is 0 Å². The van der Waals surface area contributed by atoms with Crippen LogP contribution in [0.2, 0.25) is 0 Å². The van der Waals surface area contributed by atoms with Crippen molar-refractivity contribution in [3.05, 3.63) is 169 Å². The molecule has 3 aromatic heterocycles. The topological polar surface area (TPSA) is 51.6 Å². The summed E-state index contributed by atoms with van der Waals surface area (Å²) in [6.45, 7) is 4.65. The molecule has 0 saturated carbocycles. The van der Waals surface area contributed by atoms with E-state index in [4.69, 9.17) is 19.9 Å². The fraction of sp³-hybridized carbons (Fsp3) is 0.0612. The number of nitrogens with zero attached hydrogens (tertiary/aromatic N) is 4. The summed E-state index contributed by atoms with van der Waals surface area (Å²) >= 11 is 3.55. The number of rotatable bonds is 5. The van der Waals surface area contributed by atoms with E-state index in [1.807, 2.05) is 12.1 Å². The van der Waals surface area contributed by atoms with Gasteiger partial charge in [-0.05, 0) is 63.7 Å². The van der Waals surface area contributed by atoms with Crippen LogP contribution < -0.4 is 0 Å². The van der Waals surface area contributed by atoms with Gasteiger partial charge in [-0.1, -0.05) is 141 Å². The van der Waals surface area contributed by atoms with Crippen LogP contribution in [0.4, 0.5) is 0 Å². The lowest BCUT2D eigenvalue weighted by Crippen LogP contribution is -2.15. The third kappa shape index (κ3) is 5.24. The van der Waals surface area contributed by atoms with Crippen LogP contribution in [0.25, 0.3) is 97.4 Å². The predicted octanol–water partition coefficient (Wildman–Crippen LogP) is 13.5. The molecule has 0 atom stereocenters. The summed E-state index contributed by atoms with van der Waals surface area (Å²) in [5.41, 5.74) is 12.3. The lowest BCUT2D eigenvalue weighted by Gasteiger charge is -2.22. The van der Waals surface area contributed by atoms with E-state index in [2.05, 4.69) is 159 Å². The van der Waals surface area contributed by atoms with Gasteiger partial charge in [-0.25, -0.2) is 19.9 Å². The maximum atomic E-state index is 5.26. The summed E-state index contributed by atoms with van der Waals surface area (Å²) in [6, 6.07) is 55.9. The average Bonchev–Trinajstić information content (AvgIpc) is 3.90. The summed E-state index contributed by atoms with van der Waals surface area (Å²) in [5.74, 6) is 1.99. The number of aromatic nitrogens is 4. The van der Waals surface area contributed by atoms with Crippen LogP contribution in [0.1, 0.15) is 25.0 Å². The highest BCUT2D eigenvalue weighted by Crippen LogP contribution is 2.51. The highest BCUT2D eigenvalue weighted by Gasteiger charge is 2.36. The molecule has 0 saturated heterocycles. The van der Waals surface area contributed by atoms with E-state index in [0.29, 0.717) is 17.5 Å². The van der Waals surface area contributed by atoms with Crippen LogP contribution in [0.3, 0.4) is 0 Å². The minimum atomic E-state index is -0.222. The van der Waals surface area contributed by atoms with Gasteiger partial charge < -0.3 is 0 Å². The van der Waals surface area contributed by atoms with Crippen LogP contribution in [-0.4, -0.2) is 19.9 Å². The monoisotopic (exact) mass is 740 g/mol. The number of thiophene rings is 1. The summed E-state index contributed by atoms with van der Waals surface area (Å²) in [6.07, 6.45) is 0. The fourth-order valence-electron chi connectivity index (χ4n) is 8.12. The van der Waals surface area contributed by atoms with E-state index in [-0.39, 0.29) is 5.41 Å². The van der Waals surface area contributed by atoms with E-state index in [0.717, 1.165) is 38.3 Å². The summed E-state index contributed by atoms with van der Waals surface area (Å²) in [4.78, 5) is 20.7. The Morgan fingerprint density at radius 3 is 1.82 bits per heavy atom. The SMILES string of the molecule is CC1(C)c2cc(-c3nc(-c4ccc(-c5ccccc5)cc4)nc(-c4cccc5c4sc4ccccc45)n3)ccc2-c2cc3nc(-c4ccccc4)sc3cc21. The Hall–Kier alpha value is -6.34. The van der Waals surface area contributed by atoms with Crippen LogP contribution in [0, 0.1) is 0 Å². The van der Waals surface area contributed by atoms with Crippen LogP contribution in [0.5, 0.6) is 0 Å². The first kappa shape index (κ1) is 32.1. The summed E-state index contributed by atoms with van der Waals surface area (Å²) in [7, 11) is 0. The molecule has 0 N–H and O–H groups in total. The third-order valence-corrected chi connectivity index (χ3v) is 13.3. The van der Waals surface area contributed by atoms with Gasteiger partial charge in [0.05, 0.1) is 10.2 Å². The van der Waals surface area contributed by atoms with Gasteiger partial charge >= 0.3 is 0 Å². The summed E-state index contributed by atoms with van der Waals surface area (Å²) in [5, 5.41) is 3.52. The number of hydrogen-bond acceptors (Lipinski definition) is 6. The summed E-state index contributed by atoms with van der Waals surface area (Å²) < 4.78 is 3.64. The Kier molecular flexibility index (Phi) is 7.21. The first-order chi connectivity index (χ1) is 27.0. The Morgan fingerprint density at radius 1 is 0.400 bits per heavy atom. The molecule has 0 radical (unpaired) electrons. The van der Waals surface area contributed by atoms with Crippen molar-refractivity contribution >= 4 is 53.1 Å². The van der Waals surface area contributed by atoms with Crippen LogP contribution >= 0.6 is 22.7 Å². The van der Waals surface area contributed by atoms with E-state index >= 15 is 0 Å². The van der Waals surface area contributed by atoms with Gasteiger partial charge in [0.2, 0.25) is 0 Å². The standard InChI is InChI=1S/C49H32N4S2/c1-49(2)39-26-33(24-25-34(39)38-27-41-43(28-40(38)49)55-48(50-41)32-14-7-4-8-15-32)46-51-45(31-22-20-30(21-23-31)29-12-5-3-6-13-29)52-47(53-46)37-18-11-17-36-35-16-9-10-19-42(35)54-44(36)37/h3-28H,1-2H3. The number of benzene rings is 7. The van der Waals surface area contributed by atoms with Gasteiger partial charge in [0.15, 0.2) is 17.5 Å². The lowest BCUT2D eigenvalue weighted by molar-refractivity contribution is 0.661. The molecule has 11 rings (SSSR count). The number of fused-ring (bicyclic) bond motifs is 7. The maximum Gasteiger partial charge on any atom is 0.165 e. The second kappa shape index (κ2) is 12.4. The smallest absolute Gasteiger partial charge is 0.165 e. The normalized spacial score (nSPS) is 13.1. The quantitative estimate of drug-likeness (QED) is 0.176. The second-order valence-electron chi connectivity index (χ2n) is 14.7. The Morgan fingerprint density at radius 2 is 1.02 bits per heavy atom. The van der Waals surface area contributed by atoms with Gasteiger partial charge in [-0.15, -0.1) is 22.7 Å². The molecule has 1 aliphatic rings. The molecular formula is C49H32N4S2. The Balaban J connectivity index is 1.06. The van der Waals surface area contributed by atoms with Crippen molar-refractivity contribution in [2.24, 2.45) is 0 Å². The van der Waals surface area contributed by atoms with Crippen molar-refractivity contribution in [3.8, 4) is 67.0 Å². The minimum Gasteiger partial charge on any atom is -0.236 e. The number of hydrogen-bond donors (Lipinski definition) is 0. The van der Waals surface area contributed by atoms with E-state index in [9.17, 15) is 0 Å². The number of thiazole rings is 1. The van der Waals surface area contributed by atoms with Crippen molar-refractivity contribution in [2.75, 3.05) is 0 Å². The molecule has 6 heteroatoms. The molecule has 0 aliphatic heterocycles. The lowest BCUT2D eigenvalue weighted by atomic mass is 9.82.